The van der Waals surface area contributed by atoms with Crippen molar-refractivity contribution in [3.05, 3.63) is 0 Å². The van der Waals surface area contributed by atoms with Crippen LogP contribution >= 0.6 is 0 Å². The lowest BCUT2D eigenvalue weighted by Gasteiger charge is -2.61. The quantitative estimate of drug-likeness (QED) is 0.754. The second-order valence-electron chi connectivity index (χ2n) is 10.2. The molecule has 1 heterocycles. The highest BCUT2D eigenvalue weighted by Gasteiger charge is 2.64. The highest BCUT2D eigenvalue weighted by atomic mass is 16.6. The minimum atomic E-state index is -0.284. The molecule has 4 unspecified atom stereocenters. The second-order valence-corrected chi connectivity index (χ2v) is 10.2. The molecule has 1 saturated heterocycles. The molecule has 26 heavy (non-hydrogen) atoms. The van der Waals surface area contributed by atoms with Gasteiger partial charge in [0.25, 0.3) is 0 Å². The Bertz CT molecular complexity index is 562. The van der Waals surface area contributed by atoms with Crippen LogP contribution in [0.25, 0.3) is 0 Å². The third-order valence-electron chi connectivity index (χ3n) is 8.80. The summed E-state index contributed by atoms with van der Waals surface area (Å²) in [6, 6.07) is 0. The van der Waals surface area contributed by atoms with Crippen molar-refractivity contribution in [1.82, 2.24) is 0 Å². The number of rotatable bonds is 2. The van der Waals surface area contributed by atoms with Crippen LogP contribution in [0.15, 0.2) is 0 Å². The molecule has 148 valence electrons. The van der Waals surface area contributed by atoms with Crippen LogP contribution < -0.4 is 0 Å². The molecule has 3 saturated carbocycles. The van der Waals surface area contributed by atoms with E-state index in [4.69, 9.17) is 9.47 Å². The first-order valence-electron chi connectivity index (χ1n) is 10.8. The topological polar surface area (TPSA) is 55.8 Å². The maximum atomic E-state index is 11.9. The van der Waals surface area contributed by atoms with Gasteiger partial charge in [0.1, 0.15) is 6.10 Å². The standard InChI is InChI=1S/C22H36O4/c1-5-18(24)26-17-12-25-20-19-15(7-9-22(17,20)4)21(3)8-6-13(2)10-14(21)11-16(19)23/h13-17,19-20,23H,5-12H2,1-4H3/t13-,14?,15?,16-,17-,19?,20?,21-,22+/m0/s1. The van der Waals surface area contributed by atoms with Crippen molar-refractivity contribution in [1.29, 1.82) is 0 Å². The Labute approximate surface area is 158 Å². The number of ether oxygens (including phenoxy) is 2. The number of fused-ring (bicyclic) bond motifs is 5. The van der Waals surface area contributed by atoms with E-state index in [1.165, 1.54) is 19.3 Å². The Hall–Kier alpha value is -0.610. The fraction of sp³-hybridized carbons (Fsp3) is 0.955. The van der Waals surface area contributed by atoms with Crippen molar-refractivity contribution in [2.75, 3.05) is 6.61 Å². The highest BCUT2D eigenvalue weighted by Crippen LogP contribution is 2.64. The predicted octanol–water partition coefficient (Wildman–Crippen LogP) is 3.95. The van der Waals surface area contributed by atoms with Crippen LogP contribution in [0.1, 0.15) is 72.6 Å². The lowest BCUT2D eigenvalue weighted by Crippen LogP contribution is -2.60. The van der Waals surface area contributed by atoms with Gasteiger partial charge in [0, 0.05) is 17.8 Å². The molecule has 1 aliphatic heterocycles. The van der Waals surface area contributed by atoms with E-state index in [-0.39, 0.29) is 35.6 Å². The predicted molar refractivity (Wildman–Crippen MR) is 99.5 cm³/mol. The molecular weight excluding hydrogens is 328 g/mol. The van der Waals surface area contributed by atoms with Gasteiger partial charge in [-0.3, -0.25) is 4.79 Å². The Morgan fingerprint density at radius 1 is 1.19 bits per heavy atom. The van der Waals surface area contributed by atoms with Crippen molar-refractivity contribution in [3.63, 3.8) is 0 Å². The van der Waals surface area contributed by atoms with E-state index >= 15 is 0 Å². The number of aliphatic hydroxyl groups excluding tert-OH is 1. The molecule has 0 aromatic heterocycles. The van der Waals surface area contributed by atoms with Crippen LogP contribution in [0.5, 0.6) is 0 Å². The number of hydrogen-bond acceptors (Lipinski definition) is 4. The average molecular weight is 365 g/mol. The average Bonchev–Trinajstić information content (AvgIpc) is 2.93. The molecule has 4 aliphatic rings. The minimum Gasteiger partial charge on any atom is -0.459 e. The van der Waals surface area contributed by atoms with Gasteiger partial charge in [-0.05, 0) is 55.3 Å². The fourth-order valence-electron chi connectivity index (χ4n) is 7.07. The van der Waals surface area contributed by atoms with Crippen LogP contribution in [0.2, 0.25) is 0 Å². The van der Waals surface area contributed by atoms with E-state index in [1.54, 1.807) is 0 Å². The summed E-state index contributed by atoms with van der Waals surface area (Å²) in [6.07, 6.45) is 6.90. The lowest BCUT2D eigenvalue weighted by atomic mass is 9.45. The van der Waals surface area contributed by atoms with Crippen molar-refractivity contribution < 1.29 is 19.4 Å². The number of aliphatic hydroxyl groups is 1. The Balaban J connectivity index is 1.59. The molecule has 3 aliphatic carbocycles. The van der Waals surface area contributed by atoms with Gasteiger partial charge in [0.15, 0.2) is 0 Å². The number of hydrogen-bond donors (Lipinski definition) is 1. The van der Waals surface area contributed by atoms with Crippen LogP contribution in [0.3, 0.4) is 0 Å². The maximum absolute atomic E-state index is 11.9. The van der Waals surface area contributed by atoms with Crippen LogP contribution in [0, 0.1) is 34.5 Å². The monoisotopic (exact) mass is 364 g/mol. The molecule has 4 heteroatoms. The Morgan fingerprint density at radius 2 is 1.92 bits per heavy atom. The van der Waals surface area contributed by atoms with E-state index in [2.05, 4.69) is 20.8 Å². The number of esters is 1. The SMILES string of the molecule is CCC(=O)O[C@H]1COC2C3C(CC[C@@]21C)[C@@]1(C)CC[C@H](C)CC1C[C@@H]3O. The van der Waals surface area contributed by atoms with Crippen molar-refractivity contribution in [2.45, 2.75) is 91.0 Å². The van der Waals surface area contributed by atoms with Crippen LogP contribution in [-0.4, -0.2) is 36.0 Å². The van der Waals surface area contributed by atoms with Gasteiger partial charge < -0.3 is 14.6 Å². The Kier molecular flexibility index (Phi) is 4.67. The fourth-order valence-corrected chi connectivity index (χ4v) is 7.07. The smallest absolute Gasteiger partial charge is 0.305 e. The van der Waals surface area contributed by atoms with Crippen LogP contribution in [-0.2, 0) is 14.3 Å². The van der Waals surface area contributed by atoms with E-state index in [0.29, 0.717) is 30.3 Å². The number of carbonyl (C=O) groups excluding carboxylic acids is 1. The van der Waals surface area contributed by atoms with Gasteiger partial charge in [-0.2, -0.15) is 0 Å². The maximum Gasteiger partial charge on any atom is 0.305 e. The zero-order valence-corrected chi connectivity index (χ0v) is 16.9. The van der Waals surface area contributed by atoms with E-state index < -0.39 is 0 Å². The zero-order valence-electron chi connectivity index (χ0n) is 16.9. The summed E-state index contributed by atoms with van der Waals surface area (Å²) >= 11 is 0. The summed E-state index contributed by atoms with van der Waals surface area (Å²) < 4.78 is 12.0. The molecule has 0 spiro atoms. The van der Waals surface area contributed by atoms with Gasteiger partial charge >= 0.3 is 5.97 Å². The molecular formula is C22H36O4. The van der Waals surface area contributed by atoms with Gasteiger partial charge in [0.2, 0.25) is 0 Å². The van der Waals surface area contributed by atoms with E-state index in [0.717, 1.165) is 25.2 Å². The van der Waals surface area contributed by atoms with Crippen molar-refractivity contribution in [2.24, 2.45) is 34.5 Å². The van der Waals surface area contributed by atoms with Crippen molar-refractivity contribution in [3.8, 4) is 0 Å². The summed E-state index contributed by atoms with van der Waals surface area (Å²) in [4.78, 5) is 11.9. The summed E-state index contributed by atoms with van der Waals surface area (Å²) in [5.41, 5.74) is 0.178. The van der Waals surface area contributed by atoms with Gasteiger partial charge in [-0.15, -0.1) is 0 Å². The molecule has 9 atom stereocenters. The molecule has 4 rings (SSSR count). The van der Waals surface area contributed by atoms with Crippen LogP contribution in [0.4, 0.5) is 0 Å². The van der Waals surface area contributed by atoms with Gasteiger partial charge in [0.05, 0.1) is 18.8 Å². The third-order valence-corrected chi connectivity index (χ3v) is 8.80. The first-order valence-corrected chi connectivity index (χ1v) is 10.8. The number of carbonyl (C=O) groups is 1. The second kappa shape index (κ2) is 6.48. The summed E-state index contributed by atoms with van der Waals surface area (Å²) in [6.45, 7) is 9.39. The first-order chi connectivity index (χ1) is 12.3. The van der Waals surface area contributed by atoms with Crippen molar-refractivity contribution >= 4 is 5.97 Å². The largest absolute Gasteiger partial charge is 0.459 e. The summed E-state index contributed by atoms with van der Waals surface area (Å²) in [5.74, 6) is 2.00. The minimum absolute atomic E-state index is 0.0167. The first kappa shape index (κ1) is 18.7. The molecule has 1 N–H and O–H groups in total. The molecule has 4 nitrogen and oxygen atoms in total. The third kappa shape index (κ3) is 2.66. The summed E-state index contributed by atoms with van der Waals surface area (Å²) in [7, 11) is 0. The molecule has 0 radical (unpaired) electrons. The van der Waals surface area contributed by atoms with Gasteiger partial charge in [-0.1, -0.05) is 34.1 Å². The lowest BCUT2D eigenvalue weighted by molar-refractivity contribution is -0.189. The van der Waals surface area contributed by atoms with E-state index in [1.807, 2.05) is 6.92 Å². The van der Waals surface area contributed by atoms with E-state index in [9.17, 15) is 9.90 Å². The molecule has 0 bridgehead atoms. The Morgan fingerprint density at radius 3 is 2.65 bits per heavy atom. The molecule has 4 fully saturated rings. The zero-order chi connectivity index (χ0) is 18.7. The summed E-state index contributed by atoms with van der Waals surface area (Å²) in [5, 5.41) is 11.1. The molecule has 0 amide bonds. The molecule has 0 aromatic rings. The van der Waals surface area contributed by atoms with Gasteiger partial charge in [-0.25, -0.2) is 0 Å². The normalized spacial score (nSPS) is 53.3. The highest BCUT2D eigenvalue weighted by molar-refractivity contribution is 5.69. The molecule has 0 aromatic carbocycles.